The van der Waals surface area contributed by atoms with Crippen molar-refractivity contribution in [1.29, 1.82) is 0 Å². The summed E-state index contributed by atoms with van der Waals surface area (Å²) in [6.07, 6.45) is 9.36. The van der Waals surface area contributed by atoms with E-state index in [-0.39, 0.29) is 33.9 Å². The standard InChI is InChI=1S/C67H72BN3/c1-41-28-43(3)62-53(29-41)66(11)26-16-17-27-67(66,12)71(62)51-23-24-54-58(36-51)70(56-25-21-49(63(4,5)6)35-52(56)44-18-14-13-15-19-44)60-31-42(2)30-59-61(60)68(54)55-33-47-39-65(9,10)40-48(47)34-57(55)69(59)50-22-20-45-37-64(7,8)38-46(45)32-50/h13-15,18-25,28-36H,16-17,26-27,37-40H2,1-12H3. The molecular formula is C67H72BN3. The molecule has 0 spiro atoms. The molecule has 0 amide bonds. The van der Waals surface area contributed by atoms with Crippen molar-refractivity contribution in [3.8, 4) is 11.1 Å². The van der Waals surface area contributed by atoms with Crippen LogP contribution in [-0.4, -0.2) is 12.3 Å². The number of aryl methyl sites for hydroxylation is 3. The monoisotopic (exact) mass is 930 g/mol. The van der Waals surface area contributed by atoms with Crippen LogP contribution in [0.5, 0.6) is 0 Å². The van der Waals surface area contributed by atoms with Gasteiger partial charge in [-0.3, -0.25) is 0 Å². The molecule has 2 unspecified atom stereocenters. The average Bonchev–Trinajstić information content (AvgIpc) is 3.88. The summed E-state index contributed by atoms with van der Waals surface area (Å²) in [4.78, 5) is 8.22. The molecule has 0 bridgehead atoms. The van der Waals surface area contributed by atoms with Gasteiger partial charge in [0.1, 0.15) is 0 Å². The molecule has 71 heavy (non-hydrogen) atoms. The SMILES string of the molecule is Cc1cc2c3c(c1)N(c1ccc(C(C)(C)C)cc1-c1ccccc1)c1cc(N4c5c(C)cc(C)cc5C5(C)CCCCC45C)ccc1B3c1cc3c(cc1N2c1ccc2c(c1)CC(C)(C)C2)CC(C)(C)C3. The van der Waals surface area contributed by atoms with Crippen LogP contribution < -0.4 is 31.1 Å². The molecule has 2 atom stereocenters. The molecule has 7 aromatic rings. The zero-order valence-corrected chi connectivity index (χ0v) is 44.6. The zero-order chi connectivity index (χ0) is 49.3. The summed E-state index contributed by atoms with van der Waals surface area (Å²) in [6.45, 7) is 29.1. The Morgan fingerprint density at radius 3 is 1.87 bits per heavy atom. The summed E-state index contributed by atoms with van der Waals surface area (Å²) in [5, 5.41) is 0. The van der Waals surface area contributed by atoms with Crippen molar-refractivity contribution < 1.29 is 0 Å². The molecule has 0 saturated heterocycles. The zero-order valence-electron chi connectivity index (χ0n) is 44.6. The fraction of sp³-hybridized carbons (Fsp3) is 0.373. The lowest BCUT2D eigenvalue weighted by Crippen LogP contribution is -2.61. The Morgan fingerprint density at radius 2 is 1.14 bits per heavy atom. The van der Waals surface area contributed by atoms with Crippen LogP contribution in [0.15, 0.2) is 121 Å². The van der Waals surface area contributed by atoms with Crippen LogP contribution in [0.3, 0.4) is 0 Å². The first-order valence-corrected chi connectivity index (χ1v) is 27.0. The molecule has 6 aliphatic rings. The van der Waals surface area contributed by atoms with Gasteiger partial charge in [0.15, 0.2) is 0 Å². The van der Waals surface area contributed by atoms with Gasteiger partial charge in [-0.15, -0.1) is 0 Å². The van der Waals surface area contributed by atoms with Crippen LogP contribution in [0.4, 0.5) is 45.5 Å². The van der Waals surface area contributed by atoms with Crippen molar-refractivity contribution in [2.24, 2.45) is 10.8 Å². The van der Waals surface area contributed by atoms with Crippen LogP contribution in [-0.2, 0) is 36.5 Å². The second kappa shape index (κ2) is 15.0. The number of fused-ring (bicyclic) bond motifs is 9. The maximum atomic E-state index is 2.83. The van der Waals surface area contributed by atoms with Crippen molar-refractivity contribution in [2.75, 3.05) is 14.7 Å². The molecule has 7 aromatic carbocycles. The Labute approximate surface area is 425 Å². The molecule has 358 valence electrons. The fourth-order valence-corrected chi connectivity index (χ4v) is 15.2. The molecule has 0 aromatic heterocycles. The predicted molar refractivity (Wildman–Crippen MR) is 304 cm³/mol. The van der Waals surface area contributed by atoms with Crippen molar-refractivity contribution in [2.45, 2.75) is 151 Å². The molecule has 0 N–H and O–H groups in total. The third kappa shape index (κ3) is 6.61. The predicted octanol–water partition coefficient (Wildman–Crippen LogP) is 15.7. The topological polar surface area (TPSA) is 9.72 Å². The van der Waals surface area contributed by atoms with Crippen LogP contribution in [0.1, 0.15) is 138 Å². The lowest BCUT2D eigenvalue weighted by Gasteiger charge is -2.51. The molecule has 1 fully saturated rings. The van der Waals surface area contributed by atoms with Crippen LogP contribution >= 0.6 is 0 Å². The van der Waals surface area contributed by atoms with Crippen LogP contribution in [0.25, 0.3) is 11.1 Å². The van der Waals surface area contributed by atoms with Crippen molar-refractivity contribution in [3.05, 3.63) is 171 Å². The molecule has 13 rings (SSSR count). The van der Waals surface area contributed by atoms with E-state index in [4.69, 9.17) is 0 Å². The molecular weight excluding hydrogens is 858 g/mol. The van der Waals surface area contributed by atoms with E-state index in [0.29, 0.717) is 0 Å². The Balaban J connectivity index is 1.12. The van der Waals surface area contributed by atoms with Gasteiger partial charge in [-0.2, -0.15) is 0 Å². The van der Waals surface area contributed by atoms with E-state index in [9.17, 15) is 0 Å². The highest BCUT2D eigenvalue weighted by atomic mass is 15.3. The van der Waals surface area contributed by atoms with E-state index >= 15 is 0 Å². The van der Waals surface area contributed by atoms with Crippen molar-refractivity contribution in [3.63, 3.8) is 0 Å². The molecule has 3 aliphatic heterocycles. The maximum absolute atomic E-state index is 2.83. The Bertz CT molecular complexity index is 3410. The van der Waals surface area contributed by atoms with Gasteiger partial charge in [0, 0.05) is 50.8 Å². The summed E-state index contributed by atoms with van der Waals surface area (Å²) in [6, 6.07) is 49.0. The van der Waals surface area contributed by atoms with Crippen LogP contribution in [0, 0.1) is 31.6 Å². The van der Waals surface area contributed by atoms with Gasteiger partial charge >= 0.3 is 0 Å². The van der Waals surface area contributed by atoms with E-state index in [0.717, 1.165) is 25.7 Å². The van der Waals surface area contributed by atoms with E-state index in [1.807, 2.05) is 0 Å². The summed E-state index contributed by atoms with van der Waals surface area (Å²) in [5.41, 5.74) is 30.6. The summed E-state index contributed by atoms with van der Waals surface area (Å²) in [5.74, 6) is 0. The quantitative estimate of drug-likeness (QED) is 0.163. The van der Waals surface area contributed by atoms with E-state index in [2.05, 4.69) is 219 Å². The third-order valence-electron chi connectivity index (χ3n) is 18.6. The van der Waals surface area contributed by atoms with Gasteiger partial charge in [-0.05, 0) is 204 Å². The van der Waals surface area contributed by atoms with E-state index in [1.165, 1.54) is 149 Å². The summed E-state index contributed by atoms with van der Waals surface area (Å²) in [7, 11) is 0. The molecule has 1 saturated carbocycles. The minimum absolute atomic E-state index is 0.0197. The van der Waals surface area contributed by atoms with Crippen LogP contribution in [0.2, 0.25) is 0 Å². The number of anilines is 8. The first-order valence-electron chi connectivity index (χ1n) is 27.0. The number of hydrogen-bond donors (Lipinski definition) is 0. The van der Waals surface area contributed by atoms with Gasteiger partial charge in [-0.1, -0.05) is 141 Å². The highest BCUT2D eigenvalue weighted by Gasteiger charge is 2.58. The Morgan fingerprint density at radius 1 is 0.507 bits per heavy atom. The number of hydrogen-bond acceptors (Lipinski definition) is 3. The van der Waals surface area contributed by atoms with Gasteiger partial charge in [0.2, 0.25) is 0 Å². The minimum Gasteiger partial charge on any atom is -0.334 e. The lowest BCUT2D eigenvalue weighted by molar-refractivity contribution is 0.195. The molecule has 3 nitrogen and oxygen atoms in total. The van der Waals surface area contributed by atoms with E-state index in [1.54, 1.807) is 0 Å². The van der Waals surface area contributed by atoms with Crippen molar-refractivity contribution >= 4 is 68.6 Å². The number of benzene rings is 7. The normalized spacial score (nSPS) is 21.9. The Hall–Kier alpha value is -6.00. The maximum Gasteiger partial charge on any atom is 0.252 e. The fourth-order valence-electron chi connectivity index (χ4n) is 15.2. The highest BCUT2D eigenvalue weighted by Crippen LogP contribution is 2.62. The van der Waals surface area contributed by atoms with Gasteiger partial charge in [-0.25, -0.2) is 0 Å². The van der Waals surface area contributed by atoms with Crippen molar-refractivity contribution in [1.82, 2.24) is 0 Å². The van der Waals surface area contributed by atoms with Gasteiger partial charge in [0.25, 0.3) is 6.71 Å². The first-order chi connectivity index (χ1) is 33.7. The number of nitrogens with zero attached hydrogens (tertiary/aromatic N) is 3. The number of rotatable bonds is 4. The minimum atomic E-state index is -0.0680. The highest BCUT2D eigenvalue weighted by molar-refractivity contribution is 7.00. The van der Waals surface area contributed by atoms with E-state index < -0.39 is 0 Å². The Kier molecular flexibility index (Phi) is 9.51. The second-order valence-corrected chi connectivity index (χ2v) is 26.2. The third-order valence-corrected chi connectivity index (χ3v) is 18.6. The molecule has 4 heteroatoms. The molecule has 3 heterocycles. The summed E-state index contributed by atoms with van der Waals surface area (Å²) < 4.78 is 0. The smallest absolute Gasteiger partial charge is 0.252 e. The largest absolute Gasteiger partial charge is 0.334 e. The first kappa shape index (κ1) is 44.9. The molecule has 3 aliphatic carbocycles. The second-order valence-electron chi connectivity index (χ2n) is 26.2. The summed E-state index contributed by atoms with van der Waals surface area (Å²) >= 11 is 0. The van der Waals surface area contributed by atoms with Gasteiger partial charge < -0.3 is 14.7 Å². The molecule has 0 radical (unpaired) electrons. The van der Waals surface area contributed by atoms with Gasteiger partial charge in [0.05, 0.1) is 11.2 Å². The lowest BCUT2D eigenvalue weighted by atomic mass is 9.33. The average molecular weight is 930 g/mol.